The molecular weight excluding hydrogens is 396 g/mol. The molecule has 8 heteroatoms. The number of phenolic OH excluding ortho intramolecular Hbond substituents is 1. The van der Waals surface area contributed by atoms with E-state index in [2.05, 4.69) is 10.6 Å². The Kier molecular flexibility index (Phi) is 6.08. The van der Waals surface area contributed by atoms with Crippen molar-refractivity contribution in [1.29, 1.82) is 0 Å². The number of halogens is 1. The first-order valence-corrected chi connectivity index (χ1v) is 9.51. The second-order valence-corrected chi connectivity index (χ2v) is 7.27. The maximum Gasteiger partial charge on any atom is 0.342 e. The molecule has 2 aromatic carbocycles. The van der Waals surface area contributed by atoms with E-state index in [9.17, 15) is 19.5 Å². The molecule has 1 unspecified atom stereocenters. The average Bonchev–Trinajstić information content (AvgIpc) is 2.69. The van der Waals surface area contributed by atoms with Gasteiger partial charge in [0, 0.05) is 24.9 Å². The molecule has 0 aliphatic carbocycles. The molecule has 0 fully saturated rings. The number of likely N-dealkylation sites (N-methyl/N-ethyl adjacent to an activating group) is 1. The Labute approximate surface area is 173 Å². The van der Waals surface area contributed by atoms with Crippen LogP contribution in [0.3, 0.4) is 0 Å². The van der Waals surface area contributed by atoms with Crippen LogP contribution < -0.4 is 10.6 Å². The van der Waals surface area contributed by atoms with Crippen molar-refractivity contribution in [3.8, 4) is 5.75 Å². The van der Waals surface area contributed by atoms with Crippen LogP contribution in [-0.4, -0.2) is 42.1 Å². The summed E-state index contributed by atoms with van der Waals surface area (Å²) in [6.07, 6.45) is 0.213. The van der Waals surface area contributed by atoms with Crippen LogP contribution in [0.5, 0.6) is 5.75 Å². The van der Waals surface area contributed by atoms with Crippen LogP contribution in [0.2, 0.25) is 5.02 Å². The lowest BCUT2D eigenvalue weighted by Crippen LogP contribution is -2.47. The molecule has 0 radical (unpaired) electrons. The second-order valence-electron chi connectivity index (χ2n) is 6.86. The highest BCUT2D eigenvalue weighted by Crippen LogP contribution is 2.36. The van der Waals surface area contributed by atoms with Crippen LogP contribution in [0, 0.1) is 0 Å². The lowest BCUT2D eigenvalue weighted by atomic mass is 9.95. The first-order chi connectivity index (χ1) is 13.8. The highest BCUT2D eigenvalue weighted by molar-refractivity contribution is 6.32. The minimum atomic E-state index is -0.879. The molecule has 0 saturated carbocycles. The monoisotopic (exact) mass is 416 g/mol. The summed E-state index contributed by atoms with van der Waals surface area (Å²) in [6, 6.07) is 9.62. The summed E-state index contributed by atoms with van der Waals surface area (Å²) in [6.45, 7) is 1.71. The zero-order valence-electron chi connectivity index (χ0n) is 16.0. The van der Waals surface area contributed by atoms with Gasteiger partial charge in [-0.1, -0.05) is 41.9 Å². The number of hydrogen-bond acceptors (Lipinski definition) is 5. The summed E-state index contributed by atoms with van der Waals surface area (Å²) in [5.41, 5.74) is 0.991. The largest absolute Gasteiger partial charge is 0.506 e. The van der Waals surface area contributed by atoms with E-state index in [0.717, 1.165) is 5.56 Å². The van der Waals surface area contributed by atoms with Crippen LogP contribution in [-0.2, 0) is 22.4 Å². The van der Waals surface area contributed by atoms with Gasteiger partial charge in [0.15, 0.2) is 0 Å². The molecule has 0 aromatic heterocycles. The molecule has 7 nitrogen and oxygen atoms in total. The molecule has 1 aliphatic heterocycles. The van der Waals surface area contributed by atoms with Crippen LogP contribution in [0.4, 0.5) is 0 Å². The molecule has 3 N–H and O–H groups in total. The zero-order valence-corrected chi connectivity index (χ0v) is 16.7. The van der Waals surface area contributed by atoms with Gasteiger partial charge in [-0.2, -0.15) is 0 Å². The summed E-state index contributed by atoms with van der Waals surface area (Å²) in [5, 5.41) is 15.9. The van der Waals surface area contributed by atoms with Gasteiger partial charge in [-0.05, 0) is 24.1 Å². The van der Waals surface area contributed by atoms with Gasteiger partial charge >= 0.3 is 5.97 Å². The van der Waals surface area contributed by atoms with Crippen molar-refractivity contribution in [2.45, 2.75) is 31.9 Å². The SMILES string of the molecule is CNC(=O)[C@H](Cc1ccccc1)NC(=O)c1cc(Cl)c2c(c1O)C(=O)OC(C)C2. The van der Waals surface area contributed by atoms with Crippen molar-refractivity contribution in [1.82, 2.24) is 10.6 Å². The lowest BCUT2D eigenvalue weighted by molar-refractivity contribution is -0.122. The first-order valence-electron chi connectivity index (χ1n) is 9.13. The molecule has 0 saturated heterocycles. The average molecular weight is 417 g/mol. The Bertz CT molecular complexity index is 961. The van der Waals surface area contributed by atoms with Crippen molar-refractivity contribution in [2.75, 3.05) is 7.05 Å². The Hall–Kier alpha value is -3.06. The van der Waals surface area contributed by atoms with Crippen LogP contribution in [0.15, 0.2) is 36.4 Å². The second kappa shape index (κ2) is 8.53. The van der Waals surface area contributed by atoms with Crippen molar-refractivity contribution >= 4 is 29.4 Å². The lowest BCUT2D eigenvalue weighted by Gasteiger charge is -2.24. The number of amides is 2. The molecule has 152 valence electrons. The Balaban J connectivity index is 1.91. The Morgan fingerprint density at radius 2 is 2.00 bits per heavy atom. The normalized spacial score (nSPS) is 16.4. The van der Waals surface area contributed by atoms with Crippen LogP contribution in [0.25, 0.3) is 0 Å². The molecule has 29 heavy (non-hydrogen) atoms. The van der Waals surface area contributed by atoms with E-state index in [4.69, 9.17) is 16.3 Å². The van der Waals surface area contributed by atoms with Gasteiger partial charge in [0.1, 0.15) is 23.5 Å². The predicted molar refractivity (Wildman–Crippen MR) is 107 cm³/mol. The quantitative estimate of drug-likeness (QED) is 0.648. The van der Waals surface area contributed by atoms with E-state index < -0.39 is 23.7 Å². The number of esters is 1. The van der Waals surface area contributed by atoms with E-state index in [1.54, 1.807) is 6.92 Å². The number of fused-ring (bicyclic) bond motifs is 1. The highest BCUT2D eigenvalue weighted by Gasteiger charge is 2.33. The highest BCUT2D eigenvalue weighted by atomic mass is 35.5. The maximum atomic E-state index is 12.8. The summed E-state index contributed by atoms with van der Waals surface area (Å²) in [7, 11) is 1.47. The van der Waals surface area contributed by atoms with E-state index >= 15 is 0 Å². The maximum absolute atomic E-state index is 12.8. The number of ether oxygens (including phenoxy) is 1. The van der Waals surface area contributed by atoms with Crippen molar-refractivity contribution in [3.63, 3.8) is 0 Å². The number of benzene rings is 2. The molecule has 2 amide bonds. The summed E-state index contributed by atoms with van der Waals surface area (Å²) >= 11 is 6.27. The van der Waals surface area contributed by atoms with Gasteiger partial charge in [-0.3, -0.25) is 9.59 Å². The number of aromatic hydroxyl groups is 1. The third kappa shape index (κ3) is 4.35. The van der Waals surface area contributed by atoms with Gasteiger partial charge in [0.05, 0.1) is 5.56 Å². The smallest absolute Gasteiger partial charge is 0.342 e. The van der Waals surface area contributed by atoms with Gasteiger partial charge in [0.25, 0.3) is 5.91 Å². The fourth-order valence-corrected chi connectivity index (χ4v) is 3.59. The number of cyclic esters (lactones) is 1. The first kappa shape index (κ1) is 20.7. The van der Waals surface area contributed by atoms with E-state index in [0.29, 0.717) is 12.0 Å². The summed E-state index contributed by atoms with van der Waals surface area (Å²) < 4.78 is 5.15. The van der Waals surface area contributed by atoms with E-state index in [-0.39, 0.29) is 34.6 Å². The third-order valence-corrected chi connectivity index (χ3v) is 5.09. The number of carbonyl (C=O) groups is 3. The molecule has 0 bridgehead atoms. The number of hydrogen-bond donors (Lipinski definition) is 3. The number of carbonyl (C=O) groups excluding carboxylic acids is 3. The van der Waals surface area contributed by atoms with Crippen molar-refractivity contribution < 1.29 is 24.2 Å². The van der Waals surface area contributed by atoms with Gasteiger partial charge < -0.3 is 20.5 Å². The molecule has 3 rings (SSSR count). The van der Waals surface area contributed by atoms with Gasteiger partial charge in [-0.15, -0.1) is 0 Å². The Morgan fingerprint density at radius 1 is 1.31 bits per heavy atom. The Morgan fingerprint density at radius 3 is 2.66 bits per heavy atom. The van der Waals surface area contributed by atoms with Crippen LogP contribution >= 0.6 is 11.6 Å². The molecular formula is C21H21ClN2O5. The van der Waals surface area contributed by atoms with E-state index in [1.807, 2.05) is 30.3 Å². The number of nitrogens with one attached hydrogen (secondary N) is 2. The topological polar surface area (TPSA) is 105 Å². The molecule has 1 heterocycles. The predicted octanol–water partition coefficient (Wildman–Crippen LogP) is 2.23. The fraction of sp³-hybridized carbons (Fsp3) is 0.286. The number of rotatable bonds is 5. The minimum absolute atomic E-state index is 0.111. The minimum Gasteiger partial charge on any atom is -0.506 e. The van der Waals surface area contributed by atoms with E-state index in [1.165, 1.54) is 13.1 Å². The molecule has 2 atom stereocenters. The van der Waals surface area contributed by atoms with Crippen molar-refractivity contribution in [3.05, 3.63) is 63.7 Å². The summed E-state index contributed by atoms with van der Waals surface area (Å²) in [5.74, 6) is -2.35. The van der Waals surface area contributed by atoms with Gasteiger partial charge in [-0.25, -0.2) is 4.79 Å². The standard InChI is InChI=1S/C21H21ClN2O5/c1-11-8-13-15(22)10-14(18(25)17(13)21(28)29-11)19(26)24-16(20(27)23-2)9-12-6-4-3-5-7-12/h3-7,10-11,16,25H,8-9H2,1-2H3,(H,23,27)(H,24,26)/t11?,16-/m0/s1. The molecule has 1 aliphatic rings. The van der Waals surface area contributed by atoms with Crippen LogP contribution in [0.1, 0.15) is 38.8 Å². The zero-order chi connectivity index (χ0) is 21.1. The van der Waals surface area contributed by atoms with Crippen molar-refractivity contribution in [2.24, 2.45) is 0 Å². The summed E-state index contributed by atoms with van der Waals surface area (Å²) in [4.78, 5) is 37.3. The molecule has 2 aromatic rings. The molecule has 0 spiro atoms. The fourth-order valence-electron chi connectivity index (χ4n) is 3.31. The number of phenols is 1. The van der Waals surface area contributed by atoms with Gasteiger partial charge in [0.2, 0.25) is 5.91 Å². The third-order valence-electron chi connectivity index (χ3n) is 4.75.